The number of hydrogen-bond donors (Lipinski definition) is 2. The van der Waals surface area contributed by atoms with E-state index in [-0.39, 0.29) is 12.0 Å². The van der Waals surface area contributed by atoms with Crippen molar-refractivity contribution in [2.24, 2.45) is 0 Å². The quantitative estimate of drug-likeness (QED) is 0.651. The summed E-state index contributed by atoms with van der Waals surface area (Å²) in [6, 6.07) is 1.83. The molecule has 0 aliphatic heterocycles. The van der Waals surface area contributed by atoms with Crippen LogP contribution in [0.15, 0.2) is 18.5 Å². The van der Waals surface area contributed by atoms with Gasteiger partial charge in [-0.25, -0.2) is 0 Å². The van der Waals surface area contributed by atoms with Gasteiger partial charge in [0.05, 0.1) is 17.4 Å². The van der Waals surface area contributed by atoms with Crippen molar-refractivity contribution >= 4 is 11.6 Å². The van der Waals surface area contributed by atoms with Crippen LogP contribution in [0.2, 0.25) is 0 Å². The number of carbonyl (C=O) groups excluding carboxylic acids is 1. The Balaban J connectivity index is 2.34. The summed E-state index contributed by atoms with van der Waals surface area (Å²) in [5.41, 5.74) is 1.44. The molecule has 0 radical (unpaired) electrons. The highest BCUT2D eigenvalue weighted by Gasteiger charge is 2.10. The number of ether oxygens (including phenoxy) is 1. The Morgan fingerprint density at radius 2 is 2.14 bits per heavy atom. The largest absolute Gasteiger partial charge is 0.384 e. The van der Waals surface area contributed by atoms with Gasteiger partial charge in [0.1, 0.15) is 0 Å². The molecule has 1 amide bonds. The predicted octanol–water partition coefficient (Wildman–Crippen LogP) is 2.84. The number of nitrogens with zero attached hydrogens (tertiary/aromatic N) is 1. The zero-order valence-electron chi connectivity index (χ0n) is 13.3. The molecule has 5 nitrogen and oxygen atoms in total. The third-order valence-electron chi connectivity index (χ3n) is 2.94. The van der Waals surface area contributed by atoms with Crippen molar-refractivity contribution < 1.29 is 9.53 Å². The predicted molar refractivity (Wildman–Crippen MR) is 85.7 cm³/mol. The second-order valence-electron chi connectivity index (χ2n) is 5.23. The number of pyridine rings is 1. The standard InChI is InChI=1S/C16H27N3O2/c1-4-8-18-15-7-10-17-12-14(15)16(20)19-9-5-6-11-21-13(2)3/h7,10,12-13H,4-6,8-9,11H2,1-3H3,(H,17,18)(H,19,20). The first-order valence-corrected chi connectivity index (χ1v) is 7.72. The minimum atomic E-state index is -0.0773. The van der Waals surface area contributed by atoms with Gasteiger partial charge in [0.25, 0.3) is 5.91 Å². The van der Waals surface area contributed by atoms with E-state index in [9.17, 15) is 4.79 Å². The summed E-state index contributed by atoms with van der Waals surface area (Å²) in [5.74, 6) is -0.0773. The molecule has 0 aliphatic carbocycles. The summed E-state index contributed by atoms with van der Waals surface area (Å²) in [4.78, 5) is 16.2. The number of carbonyl (C=O) groups is 1. The smallest absolute Gasteiger partial charge is 0.254 e. The lowest BCUT2D eigenvalue weighted by atomic mass is 10.2. The maximum atomic E-state index is 12.1. The highest BCUT2D eigenvalue weighted by molar-refractivity contribution is 5.99. The third kappa shape index (κ3) is 7.09. The molecule has 1 aromatic rings. The average Bonchev–Trinajstić information content (AvgIpc) is 2.48. The lowest BCUT2D eigenvalue weighted by Crippen LogP contribution is -2.26. The maximum Gasteiger partial charge on any atom is 0.254 e. The summed E-state index contributed by atoms with van der Waals surface area (Å²) in [7, 11) is 0. The number of hydrogen-bond acceptors (Lipinski definition) is 4. The molecule has 0 spiro atoms. The summed E-state index contributed by atoms with van der Waals surface area (Å²) < 4.78 is 5.46. The Kier molecular flexibility index (Phi) is 8.43. The van der Waals surface area contributed by atoms with Crippen molar-refractivity contribution in [2.45, 2.75) is 46.1 Å². The van der Waals surface area contributed by atoms with Gasteiger partial charge in [-0.2, -0.15) is 0 Å². The number of anilines is 1. The third-order valence-corrected chi connectivity index (χ3v) is 2.94. The van der Waals surface area contributed by atoms with Crippen molar-refractivity contribution in [3.05, 3.63) is 24.0 Å². The second kappa shape index (κ2) is 10.2. The van der Waals surface area contributed by atoms with E-state index in [2.05, 4.69) is 22.5 Å². The highest BCUT2D eigenvalue weighted by Crippen LogP contribution is 2.13. The van der Waals surface area contributed by atoms with Gasteiger partial charge in [0, 0.05) is 32.1 Å². The summed E-state index contributed by atoms with van der Waals surface area (Å²) >= 11 is 0. The maximum absolute atomic E-state index is 12.1. The van der Waals surface area contributed by atoms with E-state index in [1.54, 1.807) is 12.4 Å². The monoisotopic (exact) mass is 293 g/mol. The first-order valence-electron chi connectivity index (χ1n) is 7.72. The Morgan fingerprint density at radius 3 is 2.86 bits per heavy atom. The second-order valence-corrected chi connectivity index (χ2v) is 5.23. The molecule has 2 N–H and O–H groups in total. The first-order chi connectivity index (χ1) is 10.1. The molecule has 0 atom stereocenters. The van der Waals surface area contributed by atoms with E-state index in [0.29, 0.717) is 12.1 Å². The van der Waals surface area contributed by atoms with Crippen LogP contribution in [0.25, 0.3) is 0 Å². The van der Waals surface area contributed by atoms with Crippen molar-refractivity contribution in [1.82, 2.24) is 10.3 Å². The number of aromatic nitrogens is 1. The van der Waals surface area contributed by atoms with E-state index in [4.69, 9.17) is 4.74 Å². The van der Waals surface area contributed by atoms with Gasteiger partial charge in [0.2, 0.25) is 0 Å². The summed E-state index contributed by atoms with van der Waals surface area (Å²) in [5, 5.41) is 6.18. The lowest BCUT2D eigenvalue weighted by molar-refractivity contribution is 0.0754. The number of unbranched alkanes of at least 4 members (excludes halogenated alkanes) is 1. The van der Waals surface area contributed by atoms with Crippen molar-refractivity contribution in [1.29, 1.82) is 0 Å². The molecule has 0 fully saturated rings. The van der Waals surface area contributed by atoms with Gasteiger partial charge in [-0.1, -0.05) is 6.92 Å². The molecule has 118 valence electrons. The Morgan fingerprint density at radius 1 is 1.33 bits per heavy atom. The van der Waals surface area contributed by atoms with E-state index in [0.717, 1.165) is 38.1 Å². The van der Waals surface area contributed by atoms with Crippen LogP contribution >= 0.6 is 0 Å². The summed E-state index contributed by atoms with van der Waals surface area (Å²) in [6.45, 7) is 8.38. The van der Waals surface area contributed by atoms with Crippen LogP contribution in [0.5, 0.6) is 0 Å². The fourth-order valence-electron chi connectivity index (χ4n) is 1.83. The van der Waals surface area contributed by atoms with Gasteiger partial charge in [-0.3, -0.25) is 9.78 Å². The molecule has 5 heteroatoms. The van der Waals surface area contributed by atoms with Crippen LogP contribution in [-0.2, 0) is 4.74 Å². The molecular formula is C16H27N3O2. The van der Waals surface area contributed by atoms with Gasteiger partial charge in [0.15, 0.2) is 0 Å². The van der Waals surface area contributed by atoms with Crippen LogP contribution < -0.4 is 10.6 Å². The minimum Gasteiger partial charge on any atom is -0.384 e. The van der Waals surface area contributed by atoms with Crippen LogP contribution in [0.3, 0.4) is 0 Å². The molecule has 1 aromatic heterocycles. The number of rotatable bonds is 10. The molecule has 0 aliphatic rings. The van der Waals surface area contributed by atoms with Crippen LogP contribution in [0, 0.1) is 0 Å². The highest BCUT2D eigenvalue weighted by atomic mass is 16.5. The fraction of sp³-hybridized carbons (Fsp3) is 0.625. The fourth-order valence-corrected chi connectivity index (χ4v) is 1.83. The Labute approximate surface area is 127 Å². The van der Waals surface area contributed by atoms with Crippen molar-refractivity contribution in [3.8, 4) is 0 Å². The van der Waals surface area contributed by atoms with Crippen molar-refractivity contribution in [3.63, 3.8) is 0 Å². The van der Waals surface area contributed by atoms with Gasteiger partial charge >= 0.3 is 0 Å². The number of nitrogens with one attached hydrogen (secondary N) is 2. The first kappa shape index (κ1) is 17.4. The molecule has 0 unspecified atom stereocenters. The molecule has 1 heterocycles. The molecule has 0 saturated heterocycles. The van der Waals surface area contributed by atoms with E-state index in [1.807, 2.05) is 19.9 Å². The van der Waals surface area contributed by atoms with E-state index < -0.39 is 0 Å². The van der Waals surface area contributed by atoms with Crippen molar-refractivity contribution in [2.75, 3.05) is 25.0 Å². The van der Waals surface area contributed by atoms with Crippen LogP contribution in [0.1, 0.15) is 50.4 Å². The van der Waals surface area contributed by atoms with Gasteiger partial charge in [-0.15, -0.1) is 0 Å². The van der Waals surface area contributed by atoms with Gasteiger partial charge in [-0.05, 0) is 39.2 Å². The zero-order valence-corrected chi connectivity index (χ0v) is 13.3. The number of amides is 1. The molecule has 0 saturated carbocycles. The molecule has 0 bridgehead atoms. The van der Waals surface area contributed by atoms with Crippen LogP contribution in [0.4, 0.5) is 5.69 Å². The topological polar surface area (TPSA) is 63.2 Å². The average molecular weight is 293 g/mol. The van der Waals surface area contributed by atoms with Gasteiger partial charge < -0.3 is 15.4 Å². The Bertz CT molecular complexity index is 422. The molecule has 0 aromatic carbocycles. The van der Waals surface area contributed by atoms with E-state index >= 15 is 0 Å². The molecular weight excluding hydrogens is 266 g/mol. The minimum absolute atomic E-state index is 0.0773. The molecule has 1 rings (SSSR count). The van der Waals surface area contributed by atoms with E-state index in [1.165, 1.54) is 0 Å². The summed E-state index contributed by atoms with van der Waals surface area (Å²) in [6.07, 6.45) is 6.44. The van der Waals surface area contributed by atoms with Crippen LogP contribution in [-0.4, -0.2) is 36.7 Å². The normalized spacial score (nSPS) is 10.7. The lowest BCUT2D eigenvalue weighted by Gasteiger charge is -2.11. The Hall–Kier alpha value is -1.62. The molecule has 21 heavy (non-hydrogen) atoms. The SMILES string of the molecule is CCCNc1ccncc1C(=O)NCCCCOC(C)C. The zero-order chi connectivity index (χ0) is 15.5.